The van der Waals surface area contributed by atoms with Gasteiger partial charge >= 0.3 is 6.03 Å². The van der Waals surface area contributed by atoms with E-state index in [2.05, 4.69) is 10.3 Å². The van der Waals surface area contributed by atoms with Crippen molar-refractivity contribution >= 4 is 34.2 Å². The molecule has 0 spiro atoms. The molecule has 2 amide bonds. The summed E-state index contributed by atoms with van der Waals surface area (Å²) in [6.45, 7) is 0.251. The van der Waals surface area contributed by atoms with Crippen molar-refractivity contribution < 1.29 is 9.53 Å². The lowest BCUT2D eigenvalue weighted by molar-refractivity contribution is 0.184. The Hall–Kier alpha value is -2.99. The summed E-state index contributed by atoms with van der Waals surface area (Å²) in [5.41, 5.74) is 1.75. The maximum atomic E-state index is 13.1. The number of aromatic amines is 1. The number of pyridine rings is 1. The van der Waals surface area contributed by atoms with Gasteiger partial charge in [-0.3, -0.25) is 4.79 Å². The lowest BCUT2D eigenvalue weighted by Gasteiger charge is -2.29. The molecule has 0 unspecified atom stereocenters. The van der Waals surface area contributed by atoms with E-state index in [1.165, 1.54) is 0 Å². The van der Waals surface area contributed by atoms with Crippen LogP contribution in [0.1, 0.15) is 31.2 Å². The summed E-state index contributed by atoms with van der Waals surface area (Å²) in [5, 5.41) is 4.45. The first-order valence-corrected chi connectivity index (χ1v) is 10.4. The van der Waals surface area contributed by atoms with Crippen molar-refractivity contribution in [3.05, 3.63) is 69.5 Å². The normalized spacial score (nSPS) is 14.1. The fraction of sp³-hybridized carbons (Fsp3) is 0.304. The number of fused-ring (bicyclic) bond motifs is 1. The minimum atomic E-state index is -0.210. The molecule has 4 rings (SSSR count). The molecule has 30 heavy (non-hydrogen) atoms. The van der Waals surface area contributed by atoms with Gasteiger partial charge in [0.1, 0.15) is 5.75 Å². The van der Waals surface area contributed by atoms with Crippen molar-refractivity contribution in [3.63, 3.8) is 0 Å². The molecule has 1 aliphatic rings. The predicted molar refractivity (Wildman–Crippen MR) is 119 cm³/mol. The van der Waals surface area contributed by atoms with Gasteiger partial charge in [0.2, 0.25) is 0 Å². The van der Waals surface area contributed by atoms with Gasteiger partial charge in [0.05, 0.1) is 19.2 Å². The predicted octanol–water partition coefficient (Wildman–Crippen LogP) is 5.17. The van der Waals surface area contributed by atoms with E-state index in [-0.39, 0.29) is 24.2 Å². The van der Waals surface area contributed by atoms with Gasteiger partial charge < -0.3 is 19.9 Å². The molecule has 0 atom stereocenters. The number of nitrogens with zero attached hydrogens (tertiary/aromatic N) is 1. The molecule has 1 saturated carbocycles. The van der Waals surface area contributed by atoms with E-state index in [0.717, 1.165) is 31.1 Å². The number of aromatic nitrogens is 1. The van der Waals surface area contributed by atoms with Gasteiger partial charge in [-0.25, -0.2) is 4.79 Å². The van der Waals surface area contributed by atoms with Crippen molar-refractivity contribution in [2.75, 3.05) is 12.4 Å². The number of carbonyl (C=O) groups excluding carboxylic acids is 1. The highest BCUT2D eigenvalue weighted by molar-refractivity contribution is 6.30. The van der Waals surface area contributed by atoms with Gasteiger partial charge in [-0.1, -0.05) is 24.4 Å². The molecular weight excluding hydrogens is 402 g/mol. The number of nitrogens with one attached hydrogen (secondary N) is 2. The second-order valence-corrected chi connectivity index (χ2v) is 8.02. The number of ether oxygens (including phenoxy) is 1. The van der Waals surface area contributed by atoms with Crippen LogP contribution in [0.2, 0.25) is 5.02 Å². The Balaban J connectivity index is 1.61. The van der Waals surface area contributed by atoms with E-state index in [0.29, 0.717) is 27.5 Å². The molecule has 0 saturated heterocycles. The van der Waals surface area contributed by atoms with Gasteiger partial charge in [-0.05, 0) is 60.7 Å². The van der Waals surface area contributed by atoms with Crippen LogP contribution in [0, 0.1) is 0 Å². The monoisotopic (exact) mass is 425 g/mol. The second-order valence-electron chi connectivity index (χ2n) is 7.58. The molecule has 1 aliphatic carbocycles. The maximum absolute atomic E-state index is 13.1. The van der Waals surface area contributed by atoms with E-state index in [1.54, 1.807) is 42.3 Å². The van der Waals surface area contributed by atoms with Gasteiger partial charge in [0, 0.05) is 28.4 Å². The highest BCUT2D eigenvalue weighted by Gasteiger charge is 2.27. The van der Waals surface area contributed by atoms with Crippen LogP contribution in [0.5, 0.6) is 5.75 Å². The zero-order valence-electron chi connectivity index (χ0n) is 16.8. The Bertz CT molecular complexity index is 1100. The van der Waals surface area contributed by atoms with Crippen molar-refractivity contribution in [1.82, 2.24) is 9.88 Å². The Morgan fingerprint density at radius 2 is 1.90 bits per heavy atom. The number of amides is 2. The third-order valence-corrected chi connectivity index (χ3v) is 5.84. The summed E-state index contributed by atoms with van der Waals surface area (Å²) in [7, 11) is 1.59. The van der Waals surface area contributed by atoms with Crippen LogP contribution in [0.4, 0.5) is 10.5 Å². The molecule has 0 aliphatic heterocycles. The van der Waals surface area contributed by atoms with Crippen molar-refractivity contribution in [2.24, 2.45) is 0 Å². The zero-order valence-corrected chi connectivity index (χ0v) is 17.5. The van der Waals surface area contributed by atoms with Crippen LogP contribution >= 0.6 is 11.6 Å². The molecule has 156 valence electrons. The summed E-state index contributed by atoms with van der Waals surface area (Å²) in [5.74, 6) is 0.681. The third-order valence-electron chi connectivity index (χ3n) is 5.59. The molecule has 0 bridgehead atoms. The quantitative estimate of drug-likeness (QED) is 0.592. The summed E-state index contributed by atoms with van der Waals surface area (Å²) in [4.78, 5) is 30.5. The molecule has 1 fully saturated rings. The van der Waals surface area contributed by atoms with Crippen LogP contribution in [0.3, 0.4) is 0 Å². The van der Waals surface area contributed by atoms with Crippen LogP contribution < -0.4 is 15.6 Å². The number of methoxy groups -OCH3 is 1. The first kappa shape index (κ1) is 20.3. The topological polar surface area (TPSA) is 74.4 Å². The fourth-order valence-corrected chi connectivity index (χ4v) is 4.09. The highest BCUT2D eigenvalue weighted by atomic mass is 35.5. The molecule has 1 aromatic heterocycles. The van der Waals surface area contributed by atoms with Crippen LogP contribution in [0.25, 0.3) is 10.9 Å². The summed E-state index contributed by atoms with van der Waals surface area (Å²) in [6, 6.07) is 14.3. The average Bonchev–Trinajstić information content (AvgIpc) is 3.27. The van der Waals surface area contributed by atoms with Crippen LogP contribution in [-0.2, 0) is 6.54 Å². The SMILES string of the molecule is COc1ccc2cc(CN(C(=O)Nc3ccc(Cl)cc3)C3CCCC3)c(=O)[nH]c2c1. The van der Waals surface area contributed by atoms with Gasteiger partial charge in [-0.2, -0.15) is 0 Å². The molecular formula is C23H24ClN3O3. The molecule has 2 N–H and O–H groups in total. The lowest BCUT2D eigenvalue weighted by Crippen LogP contribution is -2.42. The van der Waals surface area contributed by atoms with Gasteiger partial charge in [0.25, 0.3) is 5.56 Å². The summed E-state index contributed by atoms with van der Waals surface area (Å²) < 4.78 is 5.23. The van der Waals surface area contributed by atoms with Crippen molar-refractivity contribution in [1.29, 1.82) is 0 Å². The Morgan fingerprint density at radius 1 is 1.17 bits per heavy atom. The standard InChI is InChI=1S/C23H24ClN3O3/c1-30-20-11-6-15-12-16(22(28)26-21(15)13-20)14-27(19-4-2-3-5-19)23(29)25-18-9-7-17(24)8-10-18/h6-13,19H,2-5,14H2,1H3,(H,25,29)(H,26,28). The van der Waals surface area contributed by atoms with E-state index in [9.17, 15) is 9.59 Å². The number of hydrogen-bond donors (Lipinski definition) is 2. The average molecular weight is 426 g/mol. The Kier molecular flexibility index (Phi) is 5.95. The van der Waals surface area contributed by atoms with E-state index in [4.69, 9.17) is 16.3 Å². The number of H-pyrrole nitrogens is 1. The number of urea groups is 1. The minimum absolute atomic E-state index is 0.114. The molecule has 2 aromatic carbocycles. The smallest absolute Gasteiger partial charge is 0.322 e. The van der Waals surface area contributed by atoms with Crippen molar-refractivity contribution in [2.45, 2.75) is 38.3 Å². The summed E-state index contributed by atoms with van der Waals surface area (Å²) >= 11 is 5.94. The number of carbonyl (C=O) groups is 1. The van der Waals surface area contributed by atoms with Gasteiger partial charge in [0.15, 0.2) is 0 Å². The first-order chi connectivity index (χ1) is 14.5. The lowest BCUT2D eigenvalue weighted by atomic mass is 10.1. The molecule has 7 heteroatoms. The number of hydrogen-bond acceptors (Lipinski definition) is 3. The van der Waals surface area contributed by atoms with E-state index < -0.39 is 0 Å². The van der Waals surface area contributed by atoms with Crippen molar-refractivity contribution in [3.8, 4) is 5.75 Å². The number of benzene rings is 2. The van der Waals surface area contributed by atoms with Crippen LogP contribution in [0.15, 0.2) is 53.3 Å². The largest absolute Gasteiger partial charge is 0.497 e. The molecule has 0 radical (unpaired) electrons. The number of rotatable bonds is 5. The Morgan fingerprint density at radius 3 is 2.60 bits per heavy atom. The minimum Gasteiger partial charge on any atom is -0.497 e. The van der Waals surface area contributed by atoms with Gasteiger partial charge in [-0.15, -0.1) is 0 Å². The highest BCUT2D eigenvalue weighted by Crippen LogP contribution is 2.26. The number of anilines is 1. The first-order valence-electron chi connectivity index (χ1n) is 10.1. The fourth-order valence-electron chi connectivity index (χ4n) is 3.96. The van der Waals surface area contributed by atoms with Crippen LogP contribution in [-0.4, -0.2) is 29.1 Å². The molecule has 3 aromatic rings. The number of halogens is 1. The summed E-state index contributed by atoms with van der Waals surface area (Å²) in [6.07, 6.45) is 4.06. The maximum Gasteiger partial charge on any atom is 0.322 e. The van der Waals surface area contributed by atoms with E-state index >= 15 is 0 Å². The zero-order chi connectivity index (χ0) is 21.1. The third kappa shape index (κ3) is 4.44. The molecule has 1 heterocycles. The Labute approximate surface area is 179 Å². The van der Waals surface area contributed by atoms with E-state index in [1.807, 2.05) is 18.2 Å². The second kappa shape index (κ2) is 8.79. The molecule has 6 nitrogen and oxygen atoms in total.